The molecule has 3 aliphatic carbocycles. The van der Waals surface area contributed by atoms with E-state index in [9.17, 15) is 9.59 Å². The number of fused-ring (bicyclic) bond motifs is 5. The number of hydrogen-bond acceptors (Lipinski definition) is 11. The van der Waals surface area contributed by atoms with E-state index in [0.717, 1.165) is 56.9 Å². The van der Waals surface area contributed by atoms with Crippen LogP contribution in [0, 0.1) is 41.4 Å². The first-order valence-corrected chi connectivity index (χ1v) is 21.8. The number of carbonyl (C=O) groups excluding carboxylic acids is 2. The molecule has 14 unspecified atom stereocenters. The number of cyclic esters (lactones) is 1. The highest BCUT2D eigenvalue weighted by Crippen LogP contribution is 2.56. The first-order chi connectivity index (χ1) is 26.8. The molecule has 1 saturated carbocycles. The number of carbonyl (C=O) groups is 2. The van der Waals surface area contributed by atoms with E-state index >= 15 is 0 Å². The quantitative estimate of drug-likeness (QED) is 0.161. The average molecular weight is 788 g/mol. The van der Waals surface area contributed by atoms with Crippen LogP contribution in [0.2, 0.25) is 0 Å². The van der Waals surface area contributed by atoms with E-state index in [1.807, 2.05) is 6.92 Å². The fourth-order valence-electron chi connectivity index (χ4n) is 11.4. The smallest absolute Gasteiger partial charge is 0.306 e. The largest absolute Gasteiger partial charge is 0.462 e. The van der Waals surface area contributed by atoms with E-state index in [1.54, 1.807) is 21.3 Å². The maximum Gasteiger partial charge on any atom is 0.306 e. The van der Waals surface area contributed by atoms with Gasteiger partial charge in [-0.15, -0.1) is 0 Å². The minimum atomic E-state index is -0.596. The zero-order chi connectivity index (χ0) is 40.4. The average Bonchev–Trinajstić information content (AvgIpc) is 3.74. The third-order valence-electron chi connectivity index (χ3n) is 14.2. The Bertz CT molecular complexity index is 1400. The van der Waals surface area contributed by atoms with E-state index in [0.29, 0.717) is 24.3 Å². The Kier molecular flexibility index (Phi) is 15.0. The Morgan fingerprint density at radius 3 is 2.23 bits per heavy atom. The molecule has 318 valence electrons. The molecule has 0 spiro atoms. The highest BCUT2D eigenvalue weighted by molar-refractivity contribution is 5.99. The van der Waals surface area contributed by atoms with Crippen LogP contribution in [-0.2, 0) is 47.5 Å². The maximum atomic E-state index is 14.9. The van der Waals surface area contributed by atoms with E-state index < -0.39 is 12.4 Å². The van der Waals surface area contributed by atoms with E-state index in [1.165, 1.54) is 5.57 Å². The monoisotopic (exact) mass is 788 g/mol. The van der Waals surface area contributed by atoms with Crippen molar-refractivity contribution in [1.82, 2.24) is 4.90 Å². The number of hydrogen-bond donors (Lipinski definition) is 0. The second-order valence-corrected chi connectivity index (χ2v) is 18.4. The summed E-state index contributed by atoms with van der Waals surface area (Å²) in [7, 11) is 9.22. The summed E-state index contributed by atoms with van der Waals surface area (Å²) in [6.45, 7) is 12.8. The molecule has 0 amide bonds. The van der Waals surface area contributed by atoms with Gasteiger partial charge in [-0.05, 0) is 121 Å². The summed E-state index contributed by atoms with van der Waals surface area (Å²) in [6.07, 6.45) is 9.45. The third-order valence-corrected chi connectivity index (χ3v) is 14.2. The Morgan fingerprint density at radius 1 is 0.857 bits per heavy atom. The zero-order valence-electron chi connectivity index (χ0n) is 36.1. The van der Waals surface area contributed by atoms with Crippen molar-refractivity contribution in [2.45, 2.75) is 173 Å². The zero-order valence-corrected chi connectivity index (χ0v) is 36.1. The lowest BCUT2D eigenvalue weighted by Crippen LogP contribution is -2.60. The van der Waals surface area contributed by atoms with Crippen LogP contribution in [0.15, 0.2) is 23.3 Å². The van der Waals surface area contributed by atoms with Crippen LogP contribution in [0.4, 0.5) is 0 Å². The number of allylic oxidation sites excluding steroid dienone is 4. The standard InChI is InChI=1S/C45H73NO10/c1-12-37-42(49-9)43(50-10)44(51-11)45(56-37)54-29-20-30-25(4)19-31-33(32(30)21-29)22-35-34(31)23-39(47)53-28(18-24(2)3)14-13-15-38(26(5)41(35)48)55-40-17-16-36(46(7)8)27(6)52-40/h19,22,24,26-34,36-38,40,42-45H,12-18,20-21,23H2,1-11H3/t26?,27-,28?,29?,30?,31?,32?,33?,34?,36-,37+,38?,40?,42?,43?,44?,45?/m1/s1. The molecule has 3 saturated heterocycles. The predicted molar refractivity (Wildman–Crippen MR) is 213 cm³/mol. The fourth-order valence-corrected chi connectivity index (χ4v) is 11.4. The molecular formula is C45H73NO10. The number of rotatable bonds is 11. The molecule has 56 heavy (non-hydrogen) atoms. The molecule has 6 aliphatic rings. The minimum absolute atomic E-state index is 0.0323. The molecule has 6 rings (SSSR count). The summed E-state index contributed by atoms with van der Waals surface area (Å²) in [6, 6.07) is 0.334. The van der Waals surface area contributed by atoms with Crippen molar-refractivity contribution < 1.29 is 47.5 Å². The van der Waals surface area contributed by atoms with Gasteiger partial charge in [0.1, 0.15) is 24.4 Å². The van der Waals surface area contributed by atoms with Gasteiger partial charge >= 0.3 is 5.97 Å². The number of ketones is 1. The van der Waals surface area contributed by atoms with Crippen molar-refractivity contribution in [3.05, 3.63) is 23.3 Å². The SMILES string of the molecule is CC[C@@H]1OC(OC2CC3C(C)=CC4C5CC(=O)OC(CC(C)C)CCCC(OC6CC[C@@H](N(C)C)[C@@H](C)O6)C(C)C(=O)C5=CC4C3C2)C(OC)C(OC)C1OC. The maximum absolute atomic E-state index is 14.9. The van der Waals surface area contributed by atoms with Crippen molar-refractivity contribution in [2.24, 2.45) is 41.4 Å². The van der Waals surface area contributed by atoms with Crippen molar-refractivity contribution in [3.63, 3.8) is 0 Å². The number of esters is 1. The van der Waals surface area contributed by atoms with Gasteiger partial charge < -0.3 is 42.8 Å². The summed E-state index contributed by atoms with van der Waals surface area (Å²) in [5, 5.41) is 0. The molecule has 0 aromatic carbocycles. The van der Waals surface area contributed by atoms with Gasteiger partial charge in [0.15, 0.2) is 18.4 Å². The van der Waals surface area contributed by atoms with Gasteiger partial charge in [0.05, 0.1) is 30.8 Å². The van der Waals surface area contributed by atoms with Gasteiger partial charge in [-0.1, -0.05) is 45.4 Å². The molecular weight excluding hydrogens is 714 g/mol. The van der Waals surface area contributed by atoms with Crippen molar-refractivity contribution in [1.29, 1.82) is 0 Å². The number of likely N-dealkylation sites (N-methyl/N-ethyl adjacent to an activating group) is 1. The topological polar surface area (TPSA) is 111 Å². The van der Waals surface area contributed by atoms with Crippen LogP contribution in [0.25, 0.3) is 0 Å². The molecule has 3 aliphatic heterocycles. The molecule has 4 fully saturated rings. The summed E-state index contributed by atoms with van der Waals surface area (Å²) < 4.78 is 50.5. The molecule has 0 radical (unpaired) electrons. The molecule has 0 aromatic heterocycles. The minimum Gasteiger partial charge on any atom is -0.462 e. The normalized spacial score (nSPS) is 43.6. The first kappa shape index (κ1) is 43.9. The second kappa shape index (κ2) is 19.1. The summed E-state index contributed by atoms with van der Waals surface area (Å²) in [5.74, 6) is 0.383. The Morgan fingerprint density at radius 2 is 1.59 bits per heavy atom. The van der Waals surface area contributed by atoms with Gasteiger partial charge in [0.2, 0.25) is 0 Å². The van der Waals surface area contributed by atoms with Crippen LogP contribution < -0.4 is 0 Å². The predicted octanol–water partition coefficient (Wildman–Crippen LogP) is 6.90. The molecule has 0 aromatic rings. The Labute approximate surface area is 336 Å². The van der Waals surface area contributed by atoms with Crippen LogP contribution in [-0.4, -0.2) is 120 Å². The lowest BCUT2D eigenvalue weighted by atomic mass is 9.67. The highest BCUT2D eigenvalue weighted by atomic mass is 16.7. The van der Waals surface area contributed by atoms with Crippen LogP contribution in [0.1, 0.15) is 106 Å². The number of Topliss-reactive ketones (excluding diaryl/α,β-unsaturated/α-hetero) is 1. The van der Waals surface area contributed by atoms with E-state index in [2.05, 4.69) is 65.8 Å². The van der Waals surface area contributed by atoms with Crippen LogP contribution in [0.5, 0.6) is 0 Å². The highest BCUT2D eigenvalue weighted by Gasteiger charge is 2.54. The number of methoxy groups -OCH3 is 3. The molecule has 11 heteroatoms. The third kappa shape index (κ3) is 9.35. The number of ether oxygens (including phenoxy) is 8. The van der Waals surface area contributed by atoms with Crippen LogP contribution in [0.3, 0.4) is 0 Å². The summed E-state index contributed by atoms with van der Waals surface area (Å²) in [5.41, 5.74) is 2.08. The molecule has 3 heterocycles. The van der Waals surface area contributed by atoms with Gasteiger partial charge in [-0.3, -0.25) is 9.59 Å². The molecule has 17 atom stereocenters. The van der Waals surface area contributed by atoms with Crippen molar-refractivity contribution in [3.8, 4) is 0 Å². The van der Waals surface area contributed by atoms with Gasteiger partial charge in [0, 0.05) is 39.2 Å². The lowest BCUT2D eigenvalue weighted by Gasteiger charge is -2.45. The van der Waals surface area contributed by atoms with Gasteiger partial charge in [0.25, 0.3) is 0 Å². The van der Waals surface area contributed by atoms with E-state index in [4.69, 9.17) is 37.9 Å². The second-order valence-electron chi connectivity index (χ2n) is 18.4. The molecule has 11 nitrogen and oxygen atoms in total. The van der Waals surface area contributed by atoms with Crippen LogP contribution >= 0.6 is 0 Å². The Hall–Kier alpha value is -1.70. The molecule has 0 bridgehead atoms. The Balaban J connectivity index is 1.24. The number of nitrogens with zero attached hydrogens (tertiary/aromatic N) is 1. The molecule has 0 N–H and O–H groups in total. The van der Waals surface area contributed by atoms with Crippen molar-refractivity contribution in [2.75, 3.05) is 35.4 Å². The van der Waals surface area contributed by atoms with Gasteiger partial charge in [-0.25, -0.2) is 0 Å². The summed E-state index contributed by atoms with van der Waals surface area (Å²) in [4.78, 5) is 30.9. The summed E-state index contributed by atoms with van der Waals surface area (Å²) >= 11 is 0. The van der Waals surface area contributed by atoms with E-state index in [-0.39, 0.29) is 96.8 Å². The fraction of sp³-hybridized carbons (Fsp3) is 0.867. The van der Waals surface area contributed by atoms with Gasteiger partial charge in [-0.2, -0.15) is 0 Å². The lowest BCUT2D eigenvalue weighted by molar-refractivity contribution is -0.317. The van der Waals surface area contributed by atoms with Crippen molar-refractivity contribution >= 4 is 11.8 Å². The first-order valence-electron chi connectivity index (χ1n) is 21.8.